The largest absolute Gasteiger partial charge is 0.371 e. The van der Waals surface area contributed by atoms with E-state index in [-0.39, 0.29) is 30.7 Å². The third-order valence-electron chi connectivity index (χ3n) is 8.09. The van der Waals surface area contributed by atoms with E-state index in [1.807, 2.05) is 41.6 Å². The minimum atomic E-state index is -0.184. The van der Waals surface area contributed by atoms with E-state index in [9.17, 15) is 9.59 Å². The molecule has 2 aliphatic heterocycles. The third-order valence-corrected chi connectivity index (χ3v) is 8.42. The second kappa shape index (κ2) is 10.2. The van der Waals surface area contributed by atoms with Crippen LogP contribution in [0.2, 0.25) is 5.02 Å². The molecule has 3 aliphatic rings. The summed E-state index contributed by atoms with van der Waals surface area (Å²) in [6, 6.07) is 17.1. The Morgan fingerprint density at radius 3 is 2.59 bits per heavy atom. The van der Waals surface area contributed by atoms with Crippen LogP contribution < -0.4 is 10.2 Å². The molecule has 0 bridgehead atoms. The lowest BCUT2D eigenvalue weighted by Crippen LogP contribution is -2.34. The highest BCUT2D eigenvalue weighted by Crippen LogP contribution is 2.41. The van der Waals surface area contributed by atoms with Gasteiger partial charge in [0.05, 0.1) is 16.6 Å². The summed E-state index contributed by atoms with van der Waals surface area (Å²) in [7, 11) is 0. The summed E-state index contributed by atoms with van der Waals surface area (Å²) in [6.07, 6.45) is 7.50. The number of anilines is 1. The molecule has 0 saturated carbocycles. The molecule has 2 atom stereocenters. The summed E-state index contributed by atoms with van der Waals surface area (Å²) in [5, 5.41) is 3.57. The van der Waals surface area contributed by atoms with Crippen molar-refractivity contribution in [1.29, 1.82) is 0 Å². The van der Waals surface area contributed by atoms with E-state index in [2.05, 4.69) is 33.4 Å². The van der Waals surface area contributed by atoms with Crippen molar-refractivity contribution < 1.29 is 9.59 Å². The number of carbonyl (C=O) groups is 2. The molecule has 3 heterocycles. The van der Waals surface area contributed by atoms with E-state index in [1.165, 1.54) is 11.3 Å². The quantitative estimate of drug-likeness (QED) is 0.495. The van der Waals surface area contributed by atoms with Gasteiger partial charge >= 0.3 is 0 Å². The molecule has 1 N–H and O–H groups in total. The van der Waals surface area contributed by atoms with Crippen molar-refractivity contribution >= 4 is 29.1 Å². The van der Waals surface area contributed by atoms with Crippen LogP contribution in [0.4, 0.5) is 5.69 Å². The zero-order valence-electron chi connectivity index (χ0n) is 20.1. The van der Waals surface area contributed by atoms with Gasteiger partial charge in [0.1, 0.15) is 0 Å². The van der Waals surface area contributed by atoms with Crippen molar-refractivity contribution in [3.05, 3.63) is 94.3 Å². The van der Waals surface area contributed by atoms with Gasteiger partial charge in [-0.05, 0) is 73.2 Å². The first-order valence-corrected chi connectivity index (χ1v) is 13.0. The van der Waals surface area contributed by atoms with E-state index in [4.69, 9.17) is 11.6 Å². The van der Waals surface area contributed by atoms with Gasteiger partial charge in [-0.2, -0.15) is 0 Å². The lowest BCUT2D eigenvalue weighted by Gasteiger charge is -2.25. The van der Waals surface area contributed by atoms with Crippen molar-refractivity contribution in [2.45, 2.75) is 39.2 Å². The van der Waals surface area contributed by atoms with Crippen molar-refractivity contribution in [2.24, 2.45) is 5.41 Å². The number of amides is 2. The standard InChI is InChI=1S/C29H29ClN4O2.CH4/c30-25-4-2-1-3-23(25)27(35)32-26-8-7-20-5-6-21(17-24(20)26)28(36)34-16-12-29(19-34)11-15-33(18-29)22-9-13-31-14-10-22;/h1-6,9-10,13-14,17,26H,7-8,11-12,15-16,18-19H2,(H,32,35);1H4. The molecule has 2 aromatic carbocycles. The fourth-order valence-electron chi connectivity index (χ4n) is 6.10. The van der Waals surface area contributed by atoms with Gasteiger partial charge in [0.25, 0.3) is 11.8 Å². The van der Waals surface area contributed by atoms with Crippen LogP contribution in [0.3, 0.4) is 0 Å². The summed E-state index contributed by atoms with van der Waals surface area (Å²) in [5.41, 5.74) is 4.77. The monoisotopic (exact) mass is 516 g/mol. The van der Waals surface area contributed by atoms with E-state index in [0.29, 0.717) is 16.1 Å². The second-order valence-corrected chi connectivity index (χ2v) is 10.7. The van der Waals surface area contributed by atoms with Gasteiger partial charge in [-0.1, -0.05) is 37.2 Å². The Kier molecular flexibility index (Phi) is 6.95. The maximum Gasteiger partial charge on any atom is 0.253 e. The molecule has 2 amide bonds. The second-order valence-electron chi connectivity index (χ2n) is 10.3. The smallest absolute Gasteiger partial charge is 0.253 e. The SMILES string of the molecule is C.O=C(NC1CCc2ccc(C(=O)N3CCC4(CCN(c5ccncc5)C4)C3)cc21)c1ccccc1Cl. The van der Waals surface area contributed by atoms with E-state index >= 15 is 0 Å². The molecule has 192 valence electrons. The molecule has 0 radical (unpaired) electrons. The molecule has 2 fully saturated rings. The molecule has 1 aliphatic carbocycles. The van der Waals surface area contributed by atoms with Crippen LogP contribution in [0.15, 0.2) is 67.0 Å². The van der Waals surface area contributed by atoms with Gasteiger partial charge in [0.2, 0.25) is 0 Å². The normalized spacial score (nSPS) is 22.1. The van der Waals surface area contributed by atoms with Gasteiger partial charge in [0.15, 0.2) is 0 Å². The van der Waals surface area contributed by atoms with Gasteiger partial charge in [0, 0.05) is 55.2 Å². The number of pyridine rings is 1. The number of hydrogen-bond donors (Lipinski definition) is 1. The van der Waals surface area contributed by atoms with Gasteiger partial charge in [-0.25, -0.2) is 0 Å². The first-order chi connectivity index (χ1) is 17.5. The van der Waals surface area contributed by atoms with Crippen molar-refractivity contribution in [2.75, 3.05) is 31.1 Å². The molecule has 1 aromatic heterocycles. The molecular weight excluding hydrogens is 484 g/mol. The Labute approximate surface area is 223 Å². The van der Waals surface area contributed by atoms with Crippen LogP contribution in [-0.4, -0.2) is 47.9 Å². The first kappa shape index (κ1) is 25.3. The maximum absolute atomic E-state index is 13.5. The van der Waals surface area contributed by atoms with Crippen LogP contribution >= 0.6 is 11.6 Å². The summed E-state index contributed by atoms with van der Waals surface area (Å²) >= 11 is 6.22. The van der Waals surface area contributed by atoms with E-state index < -0.39 is 0 Å². The lowest BCUT2D eigenvalue weighted by atomic mass is 9.86. The van der Waals surface area contributed by atoms with Crippen LogP contribution in [0.1, 0.15) is 64.6 Å². The Balaban J connectivity index is 0.00000280. The number of nitrogens with one attached hydrogen (secondary N) is 1. The first-order valence-electron chi connectivity index (χ1n) is 12.6. The number of fused-ring (bicyclic) bond motifs is 1. The highest BCUT2D eigenvalue weighted by molar-refractivity contribution is 6.33. The van der Waals surface area contributed by atoms with Crippen LogP contribution in [-0.2, 0) is 6.42 Å². The zero-order valence-corrected chi connectivity index (χ0v) is 20.9. The predicted molar refractivity (Wildman–Crippen MR) is 147 cm³/mol. The van der Waals surface area contributed by atoms with Crippen molar-refractivity contribution in [3.8, 4) is 0 Å². The molecule has 6 nitrogen and oxygen atoms in total. The van der Waals surface area contributed by atoms with Crippen LogP contribution in [0.5, 0.6) is 0 Å². The highest BCUT2D eigenvalue weighted by Gasteiger charge is 2.45. The third kappa shape index (κ3) is 4.82. The number of halogens is 1. The Bertz CT molecular complexity index is 1310. The number of carbonyl (C=O) groups excluding carboxylic acids is 2. The molecule has 6 rings (SSSR count). The van der Waals surface area contributed by atoms with Gasteiger partial charge in [-0.15, -0.1) is 0 Å². The van der Waals surface area contributed by atoms with Gasteiger partial charge < -0.3 is 15.1 Å². The molecular formula is C30H33ClN4O2. The van der Waals surface area contributed by atoms with Gasteiger partial charge in [-0.3, -0.25) is 14.6 Å². The Morgan fingerprint density at radius 2 is 1.78 bits per heavy atom. The van der Waals surface area contributed by atoms with E-state index in [1.54, 1.807) is 12.1 Å². The number of aromatic nitrogens is 1. The fraction of sp³-hybridized carbons (Fsp3) is 0.367. The number of rotatable bonds is 4. The number of aryl methyl sites for hydroxylation is 1. The number of likely N-dealkylation sites (tertiary alicyclic amines) is 1. The average molecular weight is 517 g/mol. The maximum atomic E-state index is 13.5. The highest BCUT2D eigenvalue weighted by atomic mass is 35.5. The summed E-state index contributed by atoms with van der Waals surface area (Å²) in [5.74, 6) is -0.100. The summed E-state index contributed by atoms with van der Waals surface area (Å²) in [4.78, 5) is 34.9. The minimum Gasteiger partial charge on any atom is -0.371 e. The molecule has 1 spiro atoms. The zero-order chi connectivity index (χ0) is 24.7. The van der Waals surface area contributed by atoms with E-state index in [0.717, 1.165) is 57.4 Å². The van der Waals surface area contributed by atoms with Crippen LogP contribution in [0.25, 0.3) is 0 Å². The summed E-state index contributed by atoms with van der Waals surface area (Å²) in [6.45, 7) is 3.56. The Hall–Kier alpha value is -3.38. The number of benzene rings is 2. The summed E-state index contributed by atoms with van der Waals surface area (Å²) < 4.78 is 0. The number of nitrogens with zero attached hydrogens (tertiary/aromatic N) is 3. The molecule has 2 unspecified atom stereocenters. The molecule has 37 heavy (non-hydrogen) atoms. The van der Waals surface area contributed by atoms with Crippen molar-refractivity contribution in [3.63, 3.8) is 0 Å². The average Bonchev–Trinajstić information content (AvgIpc) is 3.63. The fourth-order valence-corrected chi connectivity index (χ4v) is 6.32. The van der Waals surface area contributed by atoms with Crippen LogP contribution in [0, 0.1) is 5.41 Å². The van der Waals surface area contributed by atoms with Crippen molar-refractivity contribution in [1.82, 2.24) is 15.2 Å². The number of hydrogen-bond acceptors (Lipinski definition) is 4. The minimum absolute atomic E-state index is 0. The molecule has 2 saturated heterocycles. The predicted octanol–water partition coefficient (Wildman–Crippen LogP) is 5.53. The lowest BCUT2D eigenvalue weighted by molar-refractivity contribution is 0.0775. The molecule has 3 aromatic rings. The topological polar surface area (TPSA) is 65.5 Å². The molecule has 7 heteroatoms. The Morgan fingerprint density at radius 1 is 1.00 bits per heavy atom.